The zero-order chi connectivity index (χ0) is 26.2. The van der Waals surface area contributed by atoms with Gasteiger partial charge in [-0.2, -0.15) is 5.10 Å². The third-order valence-electron chi connectivity index (χ3n) is 6.24. The Labute approximate surface area is 217 Å². The second-order valence-corrected chi connectivity index (χ2v) is 8.65. The number of methoxy groups -OCH3 is 1. The predicted molar refractivity (Wildman–Crippen MR) is 143 cm³/mol. The smallest absolute Gasteiger partial charge is 0.305 e. The van der Waals surface area contributed by atoms with E-state index in [1.54, 1.807) is 12.1 Å². The molecule has 1 aromatic heterocycles. The molecule has 0 bridgehead atoms. The fraction of sp³-hybridized carbons (Fsp3) is 0.233. The summed E-state index contributed by atoms with van der Waals surface area (Å²) in [6.45, 7) is 4.64. The number of hydrogen-bond donors (Lipinski definition) is 1. The van der Waals surface area contributed by atoms with Crippen LogP contribution in [0.15, 0.2) is 78.9 Å². The molecule has 0 saturated heterocycles. The average molecular weight is 498 g/mol. The van der Waals surface area contributed by atoms with Gasteiger partial charge in [-0.25, -0.2) is 4.68 Å². The molecule has 37 heavy (non-hydrogen) atoms. The molecule has 4 aromatic rings. The number of rotatable bonds is 10. The quantitative estimate of drug-likeness (QED) is 0.244. The van der Waals surface area contributed by atoms with E-state index in [1.165, 1.54) is 7.11 Å². The maximum atomic E-state index is 12.7. The van der Waals surface area contributed by atoms with Gasteiger partial charge < -0.3 is 14.8 Å². The molecule has 7 heteroatoms. The molecule has 0 aliphatic carbocycles. The fourth-order valence-electron chi connectivity index (χ4n) is 4.25. The summed E-state index contributed by atoms with van der Waals surface area (Å²) in [5.41, 5.74) is 6.37. The Morgan fingerprint density at radius 1 is 0.919 bits per heavy atom. The van der Waals surface area contributed by atoms with Gasteiger partial charge in [0, 0.05) is 23.2 Å². The Hall–Kier alpha value is -4.39. The molecule has 0 unspecified atom stereocenters. The highest BCUT2D eigenvalue weighted by molar-refractivity contribution is 5.94. The summed E-state index contributed by atoms with van der Waals surface area (Å²) in [5, 5.41) is 7.54. The molecule has 7 nitrogen and oxygen atoms in total. The van der Waals surface area contributed by atoms with E-state index in [0.29, 0.717) is 31.6 Å². The van der Waals surface area contributed by atoms with E-state index in [0.717, 1.165) is 39.5 Å². The van der Waals surface area contributed by atoms with Crippen molar-refractivity contribution in [2.45, 2.75) is 26.7 Å². The van der Waals surface area contributed by atoms with Crippen LogP contribution in [0, 0.1) is 13.8 Å². The first-order valence-corrected chi connectivity index (χ1v) is 12.3. The summed E-state index contributed by atoms with van der Waals surface area (Å²) in [6, 6.07) is 25.2. The minimum absolute atomic E-state index is 0.168. The highest BCUT2D eigenvalue weighted by Crippen LogP contribution is 2.29. The minimum atomic E-state index is -0.243. The molecular weight excluding hydrogens is 466 g/mol. The molecule has 0 radical (unpaired) electrons. The van der Waals surface area contributed by atoms with Gasteiger partial charge in [0.15, 0.2) is 0 Å². The van der Waals surface area contributed by atoms with E-state index in [2.05, 4.69) is 10.4 Å². The van der Waals surface area contributed by atoms with Crippen molar-refractivity contribution in [1.82, 2.24) is 15.1 Å². The van der Waals surface area contributed by atoms with Crippen LogP contribution in [-0.4, -0.2) is 41.9 Å². The van der Waals surface area contributed by atoms with Crippen molar-refractivity contribution >= 4 is 11.9 Å². The van der Waals surface area contributed by atoms with E-state index in [9.17, 15) is 9.59 Å². The Bertz CT molecular complexity index is 1360. The van der Waals surface area contributed by atoms with Crippen LogP contribution in [-0.2, 0) is 16.0 Å². The monoisotopic (exact) mass is 497 g/mol. The van der Waals surface area contributed by atoms with Gasteiger partial charge in [0.1, 0.15) is 12.4 Å². The number of aryl methyl sites for hydroxylation is 1. The summed E-state index contributed by atoms with van der Waals surface area (Å²) >= 11 is 0. The van der Waals surface area contributed by atoms with Gasteiger partial charge in [-0.15, -0.1) is 0 Å². The molecule has 0 aliphatic heterocycles. The van der Waals surface area contributed by atoms with Crippen molar-refractivity contribution in [3.63, 3.8) is 0 Å². The van der Waals surface area contributed by atoms with E-state index in [4.69, 9.17) is 9.47 Å². The number of benzene rings is 3. The molecule has 1 N–H and O–H groups in total. The second kappa shape index (κ2) is 12.0. The first-order chi connectivity index (χ1) is 18.0. The van der Waals surface area contributed by atoms with Gasteiger partial charge in [-0.3, -0.25) is 9.59 Å². The van der Waals surface area contributed by atoms with Crippen LogP contribution in [0.5, 0.6) is 5.75 Å². The SMILES string of the molecule is COC(=O)CCc1c(C)nn(-c2ccc(C(=O)NCCOc3ccccc3-c3ccccc3)cc2)c1C. The highest BCUT2D eigenvalue weighted by atomic mass is 16.5. The molecular formula is C30H31N3O4. The number of nitrogens with one attached hydrogen (secondary N) is 1. The number of aromatic nitrogens is 2. The lowest BCUT2D eigenvalue weighted by atomic mass is 10.1. The summed E-state index contributed by atoms with van der Waals surface area (Å²) in [5.74, 6) is 0.370. The lowest BCUT2D eigenvalue weighted by molar-refractivity contribution is -0.140. The van der Waals surface area contributed by atoms with Gasteiger partial charge in [0.05, 0.1) is 25.0 Å². The molecule has 1 amide bonds. The number of hydrogen-bond acceptors (Lipinski definition) is 5. The molecule has 4 rings (SSSR count). The minimum Gasteiger partial charge on any atom is -0.491 e. The summed E-state index contributed by atoms with van der Waals surface area (Å²) in [6.07, 6.45) is 0.882. The summed E-state index contributed by atoms with van der Waals surface area (Å²) < 4.78 is 12.6. The van der Waals surface area contributed by atoms with E-state index in [-0.39, 0.29) is 11.9 Å². The van der Waals surface area contributed by atoms with Crippen LogP contribution in [0.4, 0.5) is 0 Å². The molecule has 0 atom stereocenters. The number of carbonyl (C=O) groups excluding carboxylic acids is 2. The Morgan fingerprint density at radius 2 is 1.62 bits per heavy atom. The van der Waals surface area contributed by atoms with Crippen LogP contribution in [0.3, 0.4) is 0 Å². The number of carbonyl (C=O) groups is 2. The standard InChI is InChI=1S/C30H31N3O4/c1-21-26(17-18-29(34)36-3)22(2)33(32-21)25-15-13-24(14-16-25)30(35)31-19-20-37-28-12-8-7-11-27(28)23-9-5-4-6-10-23/h4-16H,17-20H2,1-3H3,(H,31,35). The molecule has 3 aromatic carbocycles. The van der Waals surface area contributed by atoms with Crippen LogP contribution < -0.4 is 10.1 Å². The van der Waals surface area contributed by atoms with Gasteiger partial charge in [-0.05, 0) is 61.7 Å². The molecule has 0 aliphatic rings. The van der Waals surface area contributed by atoms with Crippen molar-refractivity contribution in [1.29, 1.82) is 0 Å². The topological polar surface area (TPSA) is 82.5 Å². The van der Waals surface area contributed by atoms with Gasteiger partial charge in [-0.1, -0.05) is 48.5 Å². The maximum absolute atomic E-state index is 12.7. The third kappa shape index (κ3) is 6.25. The van der Waals surface area contributed by atoms with Crippen LogP contribution >= 0.6 is 0 Å². The Morgan fingerprint density at radius 3 is 2.35 bits per heavy atom. The van der Waals surface area contributed by atoms with E-state index < -0.39 is 0 Å². The van der Waals surface area contributed by atoms with Gasteiger partial charge in [0.25, 0.3) is 5.91 Å². The summed E-state index contributed by atoms with van der Waals surface area (Å²) in [4.78, 5) is 24.2. The first-order valence-electron chi connectivity index (χ1n) is 12.3. The lowest BCUT2D eigenvalue weighted by Gasteiger charge is -2.12. The zero-order valence-corrected chi connectivity index (χ0v) is 21.4. The molecule has 0 spiro atoms. The van der Waals surface area contributed by atoms with E-state index in [1.807, 2.05) is 85.3 Å². The fourth-order valence-corrected chi connectivity index (χ4v) is 4.25. The Balaban J connectivity index is 1.33. The second-order valence-electron chi connectivity index (χ2n) is 8.65. The van der Waals surface area contributed by atoms with Crippen LogP contribution in [0.1, 0.15) is 33.7 Å². The summed E-state index contributed by atoms with van der Waals surface area (Å²) in [7, 11) is 1.39. The molecule has 0 saturated carbocycles. The number of nitrogens with zero attached hydrogens (tertiary/aromatic N) is 2. The average Bonchev–Trinajstić information content (AvgIpc) is 3.23. The number of amides is 1. The molecule has 0 fully saturated rings. The van der Waals surface area contributed by atoms with Crippen LogP contribution in [0.2, 0.25) is 0 Å². The maximum Gasteiger partial charge on any atom is 0.305 e. The van der Waals surface area contributed by atoms with Crippen LogP contribution in [0.25, 0.3) is 16.8 Å². The van der Waals surface area contributed by atoms with Crippen molar-refractivity contribution in [3.05, 3.63) is 101 Å². The van der Waals surface area contributed by atoms with Crippen molar-refractivity contribution in [2.24, 2.45) is 0 Å². The Kier molecular flexibility index (Phi) is 8.36. The lowest BCUT2D eigenvalue weighted by Crippen LogP contribution is -2.28. The van der Waals surface area contributed by atoms with Gasteiger partial charge in [0.2, 0.25) is 0 Å². The van der Waals surface area contributed by atoms with Gasteiger partial charge >= 0.3 is 5.97 Å². The first kappa shape index (κ1) is 25.7. The largest absolute Gasteiger partial charge is 0.491 e. The predicted octanol–water partition coefficient (Wildman–Crippen LogP) is 5.07. The number of esters is 1. The van der Waals surface area contributed by atoms with Crippen molar-refractivity contribution in [3.8, 4) is 22.6 Å². The number of para-hydroxylation sites is 1. The van der Waals surface area contributed by atoms with Crippen molar-refractivity contribution < 1.29 is 19.1 Å². The normalized spacial score (nSPS) is 10.7. The third-order valence-corrected chi connectivity index (χ3v) is 6.24. The molecule has 190 valence electrons. The highest BCUT2D eigenvalue weighted by Gasteiger charge is 2.15. The molecule has 1 heterocycles. The van der Waals surface area contributed by atoms with E-state index >= 15 is 0 Å². The van der Waals surface area contributed by atoms with Crippen molar-refractivity contribution in [2.75, 3.05) is 20.3 Å². The zero-order valence-electron chi connectivity index (χ0n) is 21.4. The number of ether oxygens (including phenoxy) is 2.